The topological polar surface area (TPSA) is 66.2 Å². The van der Waals surface area contributed by atoms with E-state index >= 15 is 0 Å². The highest BCUT2D eigenvalue weighted by atomic mass is 16.5. The Balaban J connectivity index is 1.58. The summed E-state index contributed by atoms with van der Waals surface area (Å²) >= 11 is 0. The van der Waals surface area contributed by atoms with Gasteiger partial charge < -0.3 is 20.4 Å². The lowest BCUT2D eigenvalue weighted by atomic mass is 9.90. The number of hydrogen-bond donors (Lipinski definition) is 3. The van der Waals surface area contributed by atoms with Gasteiger partial charge in [-0.2, -0.15) is 0 Å². The Labute approximate surface area is 165 Å². The number of carbonyl (C=O) groups is 1. The fourth-order valence-corrected chi connectivity index (χ4v) is 3.57. The summed E-state index contributed by atoms with van der Waals surface area (Å²) < 4.78 is 5.31. The van der Waals surface area contributed by atoms with Gasteiger partial charge in [-0.25, -0.2) is 0 Å². The Morgan fingerprint density at radius 2 is 1.93 bits per heavy atom. The molecule has 1 saturated carbocycles. The minimum Gasteiger partial charge on any atom is -0.497 e. The molecule has 0 spiro atoms. The summed E-state index contributed by atoms with van der Waals surface area (Å²) in [4.78, 5) is 15.7. The zero-order valence-electron chi connectivity index (χ0n) is 16.4. The van der Waals surface area contributed by atoms with Crippen LogP contribution in [0, 0.1) is 0 Å². The minimum absolute atomic E-state index is 0.0786. The minimum atomic E-state index is -0.230. The molecular formula is C23H27N3O2. The molecule has 0 bridgehead atoms. The lowest BCUT2D eigenvalue weighted by molar-refractivity contribution is -0.122. The van der Waals surface area contributed by atoms with E-state index in [4.69, 9.17) is 4.74 Å². The number of H-pyrrole nitrogens is 1. The van der Waals surface area contributed by atoms with Crippen molar-refractivity contribution in [2.24, 2.45) is 0 Å². The number of fused-ring (bicyclic) bond motifs is 1. The molecule has 1 heterocycles. The summed E-state index contributed by atoms with van der Waals surface area (Å²) in [6, 6.07) is 16.6. The van der Waals surface area contributed by atoms with Crippen molar-refractivity contribution in [3.8, 4) is 5.75 Å². The number of hydrogen-bond acceptors (Lipinski definition) is 3. The Hall–Kier alpha value is -2.79. The molecule has 1 aromatic heterocycles. The Bertz CT molecular complexity index is 944. The molecule has 0 saturated heterocycles. The molecule has 1 fully saturated rings. The molecule has 28 heavy (non-hydrogen) atoms. The number of methoxy groups -OCH3 is 1. The van der Waals surface area contributed by atoms with Crippen molar-refractivity contribution >= 4 is 16.8 Å². The fourth-order valence-electron chi connectivity index (χ4n) is 3.57. The third-order valence-corrected chi connectivity index (χ3v) is 5.46. The van der Waals surface area contributed by atoms with Gasteiger partial charge in [0.15, 0.2) is 0 Å². The Kier molecular flexibility index (Phi) is 5.35. The number of benzene rings is 2. The van der Waals surface area contributed by atoms with Gasteiger partial charge in [0.1, 0.15) is 5.75 Å². The number of amides is 1. The highest BCUT2D eigenvalue weighted by Gasteiger charge is 2.26. The number of carbonyl (C=O) groups excluding carboxylic acids is 1. The van der Waals surface area contributed by atoms with E-state index in [1.54, 1.807) is 7.11 Å². The monoisotopic (exact) mass is 377 g/mol. The molecule has 0 aliphatic heterocycles. The normalized spacial score (nSPS) is 15.9. The first kappa shape index (κ1) is 18.6. The number of rotatable bonds is 8. The van der Waals surface area contributed by atoms with Crippen LogP contribution in [0.3, 0.4) is 0 Å². The third-order valence-electron chi connectivity index (χ3n) is 5.46. The van der Waals surface area contributed by atoms with E-state index < -0.39 is 0 Å². The van der Waals surface area contributed by atoms with E-state index in [-0.39, 0.29) is 17.9 Å². The molecule has 146 valence electrons. The molecule has 2 aromatic carbocycles. The predicted octanol–water partition coefficient (Wildman–Crippen LogP) is 3.57. The van der Waals surface area contributed by atoms with E-state index in [1.165, 1.54) is 16.5 Å². The van der Waals surface area contributed by atoms with Gasteiger partial charge in [-0.3, -0.25) is 4.79 Å². The molecule has 1 amide bonds. The average molecular weight is 377 g/mol. The summed E-state index contributed by atoms with van der Waals surface area (Å²) in [5, 5.41) is 7.72. The van der Waals surface area contributed by atoms with Gasteiger partial charge in [-0.05, 0) is 49.1 Å². The molecule has 5 nitrogen and oxygen atoms in total. The Morgan fingerprint density at radius 1 is 1.18 bits per heavy atom. The average Bonchev–Trinajstić information content (AvgIpc) is 3.45. The molecule has 3 aromatic rings. The number of para-hydroxylation sites is 1. The van der Waals surface area contributed by atoms with Crippen LogP contribution in [-0.2, 0) is 4.79 Å². The van der Waals surface area contributed by atoms with E-state index in [9.17, 15) is 4.79 Å². The highest BCUT2D eigenvalue weighted by Crippen LogP contribution is 2.31. The van der Waals surface area contributed by atoms with Crippen molar-refractivity contribution in [1.29, 1.82) is 0 Å². The van der Waals surface area contributed by atoms with Gasteiger partial charge in [-0.1, -0.05) is 30.3 Å². The van der Waals surface area contributed by atoms with Crippen molar-refractivity contribution in [2.75, 3.05) is 13.7 Å². The maximum Gasteiger partial charge on any atom is 0.237 e. The summed E-state index contributed by atoms with van der Waals surface area (Å²) in [6.07, 6.45) is 4.28. The molecule has 0 unspecified atom stereocenters. The van der Waals surface area contributed by atoms with Crippen LogP contribution < -0.4 is 15.4 Å². The molecule has 3 N–H and O–H groups in total. The summed E-state index contributed by atoms with van der Waals surface area (Å²) in [5.74, 6) is 1.04. The van der Waals surface area contributed by atoms with Crippen LogP contribution in [0.2, 0.25) is 0 Å². The second kappa shape index (κ2) is 8.07. The molecule has 1 aliphatic rings. The van der Waals surface area contributed by atoms with Gasteiger partial charge in [0, 0.05) is 35.6 Å². The standard InChI is InChI=1S/C23H27N3O2/c1-15(23(27)26-17-9-10-17)24-13-20(16-7-11-18(28-2)12-8-16)21-14-25-22-6-4-3-5-19(21)22/h3-8,11-12,14-15,17,20,24-25H,9-10,13H2,1-2H3,(H,26,27)/t15-,20-/m0/s1. The molecule has 0 radical (unpaired) electrons. The van der Waals surface area contributed by atoms with E-state index in [1.807, 2.05) is 25.1 Å². The van der Waals surface area contributed by atoms with Gasteiger partial charge in [0.2, 0.25) is 5.91 Å². The van der Waals surface area contributed by atoms with Crippen LogP contribution >= 0.6 is 0 Å². The molecule has 5 heteroatoms. The van der Waals surface area contributed by atoms with E-state index in [0.717, 1.165) is 24.1 Å². The van der Waals surface area contributed by atoms with Crippen LogP contribution in [0.4, 0.5) is 0 Å². The Morgan fingerprint density at radius 3 is 2.64 bits per heavy atom. The van der Waals surface area contributed by atoms with Crippen molar-refractivity contribution in [1.82, 2.24) is 15.6 Å². The first-order chi connectivity index (χ1) is 13.7. The summed E-state index contributed by atoms with van der Waals surface area (Å²) in [5.41, 5.74) is 3.53. The van der Waals surface area contributed by atoms with Crippen molar-refractivity contribution < 1.29 is 9.53 Å². The maximum absolute atomic E-state index is 12.3. The van der Waals surface area contributed by atoms with Crippen molar-refractivity contribution in [3.05, 3.63) is 65.9 Å². The third kappa shape index (κ3) is 4.04. The van der Waals surface area contributed by atoms with E-state index in [2.05, 4.69) is 52.1 Å². The summed E-state index contributed by atoms with van der Waals surface area (Å²) in [7, 11) is 1.67. The zero-order valence-corrected chi connectivity index (χ0v) is 16.4. The van der Waals surface area contributed by atoms with Crippen LogP contribution in [0.1, 0.15) is 36.8 Å². The number of nitrogens with one attached hydrogen (secondary N) is 3. The molecule has 2 atom stereocenters. The van der Waals surface area contributed by atoms with Crippen LogP contribution in [0.15, 0.2) is 54.7 Å². The molecular weight excluding hydrogens is 350 g/mol. The fraction of sp³-hybridized carbons (Fsp3) is 0.348. The van der Waals surface area contributed by atoms with Gasteiger partial charge in [-0.15, -0.1) is 0 Å². The zero-order chi connectivity index (χ0) is 19.5. The van der Waals surface area contributed by atoms with Gasteiger partial charge in [0.05, 0.1) is 13.2 Å². The molecule has 4 rings (SSSR count). The maximum atomic E-state index is 12.3. The van der Waals surface area contributed by atoms with Crippen molar-refractivity contribution in [2.45, 2.75) is 37.8 Å². The number of aromatic nitrogens is 1. The van der Waals surface area contributed by atoms with E-state index in [0.29, 0.717) is 12.6 Å². The largest absolute Gasteiger partial charge is 0.497 e. The van der Waals surface area contributed by atoms with Crippen LogP contribution in [0.25, 0.3) is 10.9 Å². The predicted molar refractivity (Wildman–Crippen MR) is 112 cm³/mol. The SMILES string of the molecule is COc1ccc([C@H](CN[C@@H](C)C(=O)NC2CC2)c2c[nH]c3ccccc23)cc1. The smallest absolute Gasteiger partial charge is 0.237 e. The first-order valence-corrected chi connectivity index (χ1v) is 9.89. The lowest BCUT2D eigenvalue weighted by Crippen LogP contribution is -2.44. The molecule has 1 aliphatic carbocycles. The van der Waals surface area contributed by atoms with Crippen LogP contribution in [-0.4, -0.2) is 36.6 Å². The van der Waals surface area contributed by atoms with Crippen LogP contribution in [0.5, 0.6) is 5.75 Å². The van der Waals surface area contributed by atoms with Gasteiger partial charge in [0.25, 0.3) is 0 Å². The number of aromatic amines is 1. The second-order valence-electron chi connectivity index (χ2n) is 7.53. The van der Waals surface area contributed by atoms with Gasteiger partial charge >= 0.3 is 0 Å². The van der Waals surface area contributed by atoms with Crippen molar-refractivity contribution in [3.63, 3.8) is 0 Å². The summed E-state index contributed by atoms with van der Waals surface area (Å²) in [6.45, 7) is 2.60. The quantitative estimate of drug-likeness (QED) is 0.562. The lowest BCUT2D eigenvalue weighted by Gasteiger charge is -2.21. The number of ether oxygens (including phenoxy) is 1. The highest BCUT2D eigenvalue weighted by molar-refractivity contribution is 5.84. The second-order valence-corrected chi connectivity index (χ2v) is 7.53. The first-order valence-electron chi connectivity index (χ1n) is 9.89.